The quantitative estimate of drug-likeness (QED) is 0.338. The molecule has 2 aromatic heterocycles. The molecule has 0 saturated heterocycles. The van der Waals surface area contributed by atoms with E-state index in [2.05, 4.69) is 39.0 Å². The van der Waals surface area contributed by atoms with Crippen LogP contribution in [0.15, 0.2) is 48.5 Å². The average molecular weight is 435 g/mol. The van der Waals surface area contributed by atoms with E-state index in [4.69, 9.17) is 9.72 Å². The van der Waals surface area contributed by atoms with Gasteiger partial charge in [0.05, 0.1) is 0 Å². The maximum atomic E-state index is 13.3. The highest BCUT2D eigenvalue weighted by atomic mass is 19.1. The van der Waals surface area contributed by atoms with E-state index in [1.54, 1.807) is 12.1 Å². The number of anilines is 3. The standard InChI is InChI=1S/C24H27FN6O/c1-4-13-31(14-5-2)22-20-21(28-23(27-20)26-18-8-6-7-16(3)15-18)29-24(30-22)32-19-11-9-17(25)10-12-19/h6-12,15H,4-5,13-14H2,1-3H3,(H2,26,27,28,29,30). The van der Waals surface area contributed by atoms with E-state index in [0.717, 1.165) is 48.5 Å². The molecule has 2 N–H and O–H groups in total. The Morgan fingerprint density at radius 3 is 2.44 bits per heavy atom. The molecule has 2 aromatic carbocycles. The summed E-state index contributed by atoms with van der Waals surface area (Å²) in [5, 5.41) is 3.30. The lowest BCUT2D eigenvalue weighted by atomic mass is 10.2. The van der Waals surface area contributed by atoms with Crippen molar-refractivity contribution >= 4 is 28.6 Å². The number of hydrogen-bond acceptors (Lipinski definition) is 6. The molecule has 32 heavy (non-hydrogen) atoms. The van der Waals surface area contributed by atoms with E-state index in [1.165, 1.54) is 12.1 Å². The van der Waals surface area contributed by atoms with E-state index >= 15 is 0 Å². The van der Waals surface area contributed by atoms with Crippen molar-refractivity contribution in [3.63, 3.8) is 0 Å². The van der Waals surface area contributed by atoms with Gasteiger partial charge in [-0.25, -0.2) is 4.39 Å². The molecule has 8 heteroatoms. The predicted molar refractivity (Wildman–Crippen MR) is 125 cm³/mol. The van der Waals surface area contributed by atoms with Crippen LogP contribution in [-0.2, 0) is 0 Å². The van der Waals surface area contributed by atoms with Crippen molar-refractivity contribution in [1.29, 1.82) is 0 Å². The molecule has 0 aliphatic rings. The van der Waals surface area contributed by atoms with Gasteiger partial charge in [-0.1, -0.05) is 26.0 Å². The third-order valence-electron chi connectivity index (χ3n) is 4.90. The highest BCUT2D eigenvalue weighted by Crippen LogP contribution is 2.29. The van der Waals surface area contributed by atoms with Gasteiger partial charge in [0.25, 0.3) is 0 Å². The minimum Gasteiger partial charge on any atom is -0.424 e. The summed E-state index contributed by atoms with van der Waals surface area (Å²) in [6, 6.07) is 14.0. The molecule has 0 aliphatic heterocycles. The molecule has 0 amide bonds. The summed E-state index contributed by atoms with van der Waals surface area (Å²) in [5.41, 5.74) is 3.33. The van der Waals surface area contributed by atoms with Crippen molar-refractivity contribution < 1.29 is 9.13 Å². The third kappa shape index (κ3) is 4.96. The van der Waals surface area contributed by atoms with Gasteiger partial charge in [-0.15, -0.1) is 0 Å². The molecule has 0 aliphatic carbocycles. The Kier molecular flexibility index (Phi) is 6.49. The minimum atomic E-state index is -0.328. The lowest BCUT2D eigenvalue weighted by molar-refractivity contribution is 0.442. The van der Waals surface area contributed by atoms with E-state index in [9.17, 15) is 4.39 Å². The van der Waals surface area contributed by atoms with Crippen LogP contribution in [0, 0.1) is 12.7 Å². The Bertz CT molecular complexity index is 1190. The molecule has 2 heterocycles. The zero-order valence-corrected chi connectivity index (χ0v) is 18.5. The maximum absolute atomic E-state index is 13.3. The Labute approximate surface area is 186 Å². The number of aromatic nitrogens is 4. The van der Waals surface area contributed by atoms with Gasteiger partial charge >= 0.3 is 6.01 Å². The summed E-state index contributed by atoms with van der Waals surface area (Å²) >= 11 is 0. The molecular weight excluding hydrogens is 407 g/mol. The first-order valence-electron chi connectivity index (χ1n) is 10.9. The normalized spacial score (nSPS) is 11.0. The van der Waals surface area contributed by atoms with Crippen molar-refractivity contribution in [2.45, 2.75) is 33.6 Å². The molecule has 0 spiro atoms. The molecule has 0 unspecified atom stereocenters. The van der Waals surface area contributed by atoms with Crippen LogP contribution in [0.2, 0.25) is 0 Å². The number of aromatic amines is 1. The molecular formula is C24H27FN6O. The summed E-state index contributed by atoms with van der Waals surface area (Å²) in [6.45, 7) is 7.99. The molecule has 166 valence electrons. The van der Waals surface area contributed by atoms with E-state index in [1.807, 2.05) is 31.2 Å². The van der Waals surface area contributed by atoms with E-state index < -0.39 is 0 Å². The SMILES string of the molecule is CCCN(CCC)c1nc(Oc2ccc(F)cc2)nc2nc(Nc3cccc(C)c3)[nH]c12. The monoisotopic (exact) mass is 434 g/mol. The van der Waals surface area contributed by atoms with Crippen LogP contribution in [-0.4, -0.2) is 33.0 Å². The highest BCUT2D eigenvalue weighted by Gasteiger charge is 2.19. The Balaban J connectivity index is 1.74. The number of H-pyrrole nitrogens is 1. The molecule has 0 fully saturated rings. The van der Waals surface area contributed by atoms with Crippen molar-refractivity contribution in [2.75, 3.05) is 23.3 Å². The van der Waals surface area contributed by atoms with Crippen molar-refractivity contribution in [3.05, 3.63) is 59.9 Å². The third-order valence-corrected chi connectivity index (χ3v) is 4.90. The number of imidazole rings is 1. The van der Waals surface area contributed by atoms with E-state index in [-0.39, 0.29) is 11.8 Å². The number of benzene rings is 2. The smallest absolute Gasteiger partial charge is 0.326 e. The summed E-state index contributed by atoms with van der Waals surface area (Å²) in [5.74, 6) is 1.45. The highest BCUT2D eigenvalue weighted by molar-refractivity contribution is 5.86. The maximum Gasteiger partial charge on any atom is 0.326 e. The fraction of sp³-hybridized carbons (Fsp3) is 0.292. The van der Waals surface area contributed by atoms with Gasteiger partial charge in [-0.2, -0.15) is 15.0 Å². The van der Waals surface area contributed by atoms with Crippen LogP contribution < -0.4 is 15.0 Å². The lowest BCUT2D eigenvalue weighted by Gasteiger charge is -2.23. The first-order valence-corrected chi connectivity index (χ1v) is 10.9. The summed E-state index contributed by atoms with van der Waals surface area (Å²) < 4.78 is 19.1. The number of aryl methyl sites for hydroxylation is 1. The van der Waals surface area contributed by atoms with Gasteiger partial charge in [0, 0.05) is 18.8 Å². The Morgan fingerprint density at radius 2 is 1.75 bits per heavy atom. The van der Waals surface area contributed by atoms with Crippen LogP contribution in [0.25, 0.3) is 11.2 Å². The van der Waals surface area contributed by atoms with Crippen molar-refractivity contribution in [2.24, 2.45) is 0 Å². The van der Waals surface area contributed by atoms with Gasteiger partial charge in [-0.3, -0.25) is 0 Å². The number of nitrogens with one attached hydrogen (secondary N) is 2. The van der Waals surface area contributed by atoms with Crippen LogP contribution in [0.3, 0.4) is 0 Å². The van der Waals surface area contributed by atoms with Gasteiger partial charge in [0.15, 0.2) is 11.5 Å². The van der Waals surface area contributed by atoms with Crippen LogP contribution >= 0.6 is 0 Å². The minimum absolute atomic E-state index is 0.171. The molecule has 0 radical (unpaired) electrons. The molecule has 0 atom stereocenters. The Hall–Kier alpha value is -3.68. The van der Waals surface area contributed by atoms with Gasteiger partial charge in [-0.05, 0) is 61.7 Å². The van der Waals surface area contributed by atoms with Crippen molar-refractivity contribution in [3.8, 4) is 11.8 Å². The van der Waals surface area contributed by atoms with Gasteiger partial charge in [0.2, 0.25) is 5.95 Å². The van der Waals surface area contributed by atoms with E-state index in [0.29, 0.717) is 17.3 Å². The lowest BCUT2D eigenvalue weighted by Crippen LogP contribution is -2.26. The van der Waals surface area contributed by atoms with Crippen molar-refractivity contribution in [1.82, 2.24) is 19.9 Å². The number of nitrogens with zero attached hydrogens (tertiary/aromatic N) is 4. The largest absolute Gasteiger partial charge is 0.424 e. The zero-order chi connectivity index (χ0) is 22.5. The number of ether oxygens (including phenoxy) is 1. The number of halogens is 1. The molecule has 0 saturated carbocycles. The van der Waals surface area contributed by atoms with Gasteiger partial charge < -0.3 is 19.9 Å². The summed E-state index contributed by atoms with van der Waals surface area (Å²) in [4.78, 5) is 19.4. The number of hydrogen-bond donors (Lipinski definition) is 2. The average Bonchev–Trinajstić information content (AvgIpc) is 3.17. The fourth-order valence-electron chi connectivity index (χ4n) is 3.53. The first kappa shape index (κ1) is 21.5. The summed E-state index contributed by atoms with van der Waals surface area (Å²) in [7, 11) is 0. The van der Waals surface area contributed by atoms with Crippen LogP contribution in [0.4, 0.5) is 21.8 Å². The molecule has 0 bridgehead atoms. The van der Waals surface area contributed by atoms with Crippen LogP contribution in [0.5, 0.6) is 11.8 Å². The first-order chi connectivity index (χ1) is 15.6. The topological polar surface area (TPSA) is 79.0 Å². The Morgan fingerprint density at radius 1 is 1.00 bits per heavy atom. The molecule has 4 aromatic rings. The molecule has 7 nitrogen and oxygen atoms in total. The van der Waals surface area contributed by atoms with Crippen LogP contribution in [0.1, 0.15) is 32.3 Å². The predicted octanol–water partition coefficient (Wildman–Crippen LogP) is 5.96. The second-order valence-electron chi connectivity index (χ2n) is 7.65. The molecule has 4 rings (SSSR count). The summed E-state index contributed by atoms with van der Waals surface area (Å²) in [6.07, 6.45) is 1.95. The number of rotatable bonds is 9. The zero-order valence-electron chi connectivity index (χ0n) is 18.5. The second kappa shape index (κ2) is 9.64. The second-order valence-corrected chi connectivity index (χ2v) is 7.65. The van der Waals surface area contributed by atoms with Gasteiger partial charge in [0.1, 0.15) is 17.1 Å². The number of fused-ring (bicyclic) bond motifs is 1. The fourth-order valence-corrected chi connectivity index (χ4v) is 3.53.